The van der Waals surface area contributed by atoms with Gasteiger partial charge in [-0.15, -0.1) is 0 Å². The lowest BCUT2D eigenvalue weighted by molar-refractivity contribution is -0.150. The van der Waals surface area contributed by atoms with E-state index >= 15 is 0 Å². The van der Waals surface area contributed by atoms with E-state index in [1.54, 1.807) is 0 Å². The Morgan fingerprint density at radius 3 is 2.44 bits per heavy atom. The average molecular weight is 230 g/mol. The molecule has 1 aromatic carbocycles. The quantitative estimate of drug-likeness (QED) is 0.855. The van der Waals surface area contributed by atoms with E-state index in [4.69, 9.17) is 9.47 Å². The molecule has 2 rings (SSSR count). The van der Waals surface area contributed by atoms with Gasteiger partial charge in [0.05, 0.1) is 6.10 Å². The van der Waals surface area contributed by atoms with Crippen LogP contribution in [0.25, 0.3) is 0 Å². The Bertz CT molecular complexity index is 363. The first kappa shape index (κ1) is 11.3. The number of aliphatic hydroxyl groups is 1. The maximum atomic E-state index is 13.2. The molecular weight excluding hydrogens is 218 g/mol. The lowest BCUT2D eigenvalue weighted by Gasteiger charge is -2.39. The van der Waals surface area contributed by atoms with Crippen molar-refractivity contribution >= 4 is 0 Å². The molecule has 3 atom stereocenters. The Morgan fingerprint density at radius 1 is 1.31 bits per heavy atom. The van der Waals surface area contributed by atoms with Gasteiger partial charge >= 0.3 is 0 Å². The van der Waals surface area contributed by atoms with Crippen LogP contribution in [-0.4, -0.2) is 30.5 Å². The number of methoxy groups -OCH3 is 1. The summed E-state index contributed by atoms with van der Waals surface area (Å²) in [6.45, 7) is 0. The molecule has 1 aromatic rings. The highest BCUT2D eigenvalue weighted by Gasteiger charge is 2.42. The molecule has 0 spiro atoms. The third-order valence-corrected chi connectivity index (χ3v) is 2.68. The summed E-state index contributed by atoms with van der Waals surface area (Å²) in [5, 5.41) is 9.30. The van der Waals surface area contributed by atoms with Crippen molar-refractivity contribution in [3.8, 4) is 5.75 Å². The third kappa shape index (κ3) is 1.88. The van der Waals surface area contributed by atoms with Crippen LogP contribution in [0.15, 0.2) is 18.2 Å². The van der Waals surface area contributed by atoms with Gasteiger partial charge in [-0.2, -0.15) is 0 Å². The molecule has 0 aliphatic heterocycles. The predicted octanol–water partition coefficient (Wildman–Crippen LogP) is 1.49. The Balaban J connectivity index is 2.10. The molecule has 88 valence electrons. The molecule has 1 N–H and O–H groups in total. The van der Waals surface area contributed by atoms with Gasteiger partial charge in [-0.25, -0.2) is 8.78 Å². The fourth-order valence-corrected chi connectivity index (χ4v) is 1.73. The van der Waals surface area contributed by atoms with Crippen molar-refractivity contribution in [2.45, 2.75) is 24.7 Å². The second-order valence-electron chi connectivity index (χ2n) is 3.71. The SMILES string of the molecule is COC1C(O)CC1Oc1c(F)cccc1F. The Hall–Kier alpha value is -1.20. The topological polar surface area (TPSA) is 38.7 Å². The number of para-hydroxylation sites is 1. The van der Waals surface area contributed by atoms with Crippen molar-refractivity contribution in [1.82, 2.24) is 0 Å². The maximum Gasteiger partial charge on any atom is 0.191 e. The number of halogens is 2. The predicted molar refractivity (Wildman–Crippen MR) is 52.2 cm³/mol. The van der Waals surface area contributed by atoms with Crippen molar-refractivity contribution in [2.75, 3.05) is 7.11 Å². The van der Waals surface area contributed by atoms with Gasteiger partial charge in [0.25, 0.3) is 0 Å². The van der Waals surface area contributed by atoms with Crippen molar-refractivity contribution in [1.29, 1.82) is 0 Å². The molecule has 1 fully saturated rings. The zero-order valence-corrected chi connectivity index (χ0v) is 8.69. The number of aliphatic hydroxyl groups excluding tert-OH is 1. The van der Waals surface area contributed by atoms with Gasteiger partial charge in [-0.05, 0) is 12.1 Å². The summed E-state index contributed by atoms with van der Waals surface area (Å²) in [5.41, 5.74) is 0. The highest BCUT2D eigenvalue weighted by atomic mass is 19.1. The normalized spacial score (nSPS) is 28.6. The van der Waals surface area contributed by atoms with Crippen LogP contribution < -0.4 is 4.74 Å². The fourth-order valence-electron chi connectivity index (χ4n) is 1.73. The lowest BCUT2D eigenvalue weighted by Crippen LogP contribution is -2.54. The van der Waals surface area contributed by atoms with Crippen molar-refractivity contribution in [3.05, 3.63) is 29.8 Å². The second kappa shape index (κ2) is 4.35. The van der Waals surface area contributed by atoms with Crippen LogP contribution in [-0.2, 0) is 4.74 Å². The van der Waals surface area contributed by atoms with E-state index in [1.165, 1.54) is 13.2 Å². The first-order valence-corrected chi connectivity index (χ1v) is 4.95. The first-order chi connectivity index (χ1) is 7.63. The van der Waals surface area contributed by atoms with Gasteiger partial charge < -0.3 is 14.6 Å². The Labute approximate surface area is 91.6 Å². The summed E-state index contributed by atoms with van der Waals surface area (Å²) in [4.78, 5) is 0. The first-order valence-electron chi connectivity index (χ1n) is 4.95. The van der Waals surface area contributed by atoms with E-state index in [0.29, 0.717) is 6.42 Å². The summed E-state index contributed by atoms with van der Waals surface area (Å²) in [6, 6.07) is 3.51. The minimum Gasteiger partial charge on any atom is -0.481 e. The van der Waals surface area contributed by atoms with E-state index < -0.39 is 35.7 Å². The van der Waals surface area contributed by atoms with Gasteiger partial charge in [0, 0.05) is 13.5 Å². The molecule has 1 saturated carbocycles. The minimum atomic E-state index is -0.753. The minimum absolute atomic E-state index is 0.312. The van der Waals surface area contributed by atoms with E-state index in [1.807, 2.05) is 0 Å². The van der Waals surface area contributed by atoms with Gasteiger partial charge in [0.15, 0.2) is 17.4 Å². The van der Waals surface area contributed by atoms with Crippen LogP contribution in [0.1, 0.15) is 6.42 Å². The molecule has 0 heterocycles. The monoisotopic (exact) mass is 230 g/mol. The zero-order chi connectivity index (χ0) is 11.7. The molecule has 16 heavy (non-hydrogen) atoms. The lowest BCUT2D eigenvalue weighted by atomic mass is 9.88. The van der Waals surface area contributed by atoms with Crippen molar-refractivity contribution in [2.24, 2.45) is 0 Å². The Morgan fingerprint density at radius 2 is 1.94 bits per heavy atom. The van der Waals surface area contributed by atoms with Gasteiger partial charge in [0.2, 0.25) is 0 Å². The molecule has 0 radical (unpaired) electrons. The van der Waals surface area contributed by atoms with Gasteiger partial charge in [0.1, 0.15) is 12.2 Å². The highest BCUT2D eigenvalue weighted by molar-refractivity contribution is 5.26. The van der Waals surface area contributed by atoms with Crippen LogP contribution >= 0.6 is 0 Å². The molecule has 1 aliphatic carbocycles. The largest absolute Gasteiger partial charge is 0.481 e. The molecule has 1 aliphatic rings. The molecule has 5 heteroatoms. The molecule has 0 saturated heterocycles. The smallest absolute Gasteiger partial charge is 0.191 e. The van der Waals surface area contributed by atoms with Crippen LogP contribution in [0.4, 0.5) is 8.78 Å². The van der Waals surface area contributed by atoms with Crippen LogP contribution in [0.2, 0.25) is 0 Å². The Kier molecular flexibility index (Phi) is 3.07. The average Bonchev–Trinajstić information content (AvgIpc) is 2.22. The van der Waals surface area contributed by atoms with Gasteiger partial charge in [-0.3, -0.25) is 0 Å². The number of rotatable bonds is 3. The molecular formula is C11H12F2O3. The number of ether oxygens (including phenoxy) is 2. The van der Waals surface area contributed by atoms with E-state index in [2.05, 4.69) is 0 Å². The van der Waals surface area contributed by atoms with Crippen LogP contribution in [0.3, 0.4) is 0 Å². The summed E-state index contributed by atoms with van der Waals surface area (Å²) < 4.78 is 36.6. The summed E-state index contributed by atoms with van der Waals surface area (Å²) in [6.07, 6.45) is -1.36. The number of benzene rings is 1. The zero-order valence-electron chi connectivity index (χ0n) is 8.69. The van der Waals surface area contributed by atoms with Gasteiger partial charge in [-0.1, -0.05) is 6.07 Å². The second-order valence-corrected chi connectivity index (χ2v) is 3.71. The van der Waals surface area contributed by atoms with Crippen molar-refractivity contribution < 1.29 is 23.4 Å². The van der Waals surface area contributed by atoms with Crippen LogP contribution in [0.5, 0.6) is 5.75 Å². The summed E-state index contributed by atoms with van der Waals surface area (Å²) in [5.74, 6) is -1.92. The number of hydrogen-bond donors (Lipinski definition) is 1. The highest BCUT2D eigenvalue weighted by Crippen LogP contribution is 2.31. The van der Waals surface area contributed by atoms with E-state index in [-0.39, 0.29) is 0 Å². The molecule has 0 bridgehead atoms. The fraction of sp³-hybridized carbons (Fsp3) is 0.455. The van der Waals surface area contributed by atoms with Crippen molar-refractivity contribution in [3.63, 3.8) is 0 Å². The summed E-state index contributed by atoms with van der Waals surface area (Å²) in [7, 11) is 1.42. The molecule has 3 nitrogen and oxygen atoms in total. The van der Waals surface area contributed by atoms with Crippen LogP contribution in [0, 0.1) is 11.6 Å². The standard InChI is InChI=1S/C11H12F2O3/c1-15-11-8(14)5-9(11)16-10-6(12)3-2-4-7(10)13/h2-4,8-9,11,14H,5H2,1H3. The molecule has 3 unspecified atom stereocenters. The maximum absolute atomic E-state index is 13.2. The molecule has 0 amide bonds. The van der Waals surface area contributed by atoms with E-state index in [9.17, 15) is 13.9 Å². The molecule has 0 aromatic heterocycles. The number of hydrogen-bond acceptors (Lipinski definition) is 3. The van der Waals surface area contributed by atoms with E-state index in [0.717, 1.165) is 12.1 Å². The third-order valence-electron chi connectivity index (χ3n) is 2.68. The summed E-state index contributed by atoms with van der Waals surface area (Å²) >= 11 is 0.